The molecule has 0 saturated carbocycles. The molecule has 2 fully saturated rings. The van der Waals surface area contributed by atoms with Crippen LogP contribution in [0.25, 0.3) is 5.57 Å². The van der Waals surface area contributed by atoms with Crippen LogP contribution < -0.4 is 4.90 Å². The second-order valence-electron chi connectivity index (χ2n) is 8.76. The molecule has 0 spiro atoms. The predicted molar refractivity (Wildman–Crippen MR) is 113 cm³/mol. The van der Waals surface area contributed by atoms with Gasteiger partial charge in [-0.1, -0.05) is 19.9 Å². The van der Waals surface area contributed by atoms with Gasteiger partial charge in [0.15, 0.2) is 5.82 Å². The third kappa shape index (κ3) is 3.73. The summed E-state index contributed by atoms with van der Waals surface area (Å²) >= 11 is 0. The van der Waals surface area contributed by atoms with Crippen LogP contribution in [0.4, 0.5) is 5.82 Å². The Morgan fingerprint density at radius 2 is 1.96 bits per heavy atom. The highest BCUT2D eigenvalue weighted by Gasteiger charge is 2.41. The Hall–Kier alpha value is -1.75. The number of nitrogens with zero attached hydrogens (tertiary/aromatic N) is 4. The molecule has 2 aliphatic heterocycles. The van der Waals surface area contributed by atoms with Crippen LogP contribution in [0.3, 0.4) is 0 Å². The van der Waals surface area contributed by atoms with Gasteiger partial charge in [-0.2, -0.15) is 0 Å². The lowest BCUT2D eigenvalue weighted by Gasteiger charge is -2.44. The normalized spacial score (nSPS) is 28.9. The fraction of sp³-hybridized carbons (Fsp3) is 0.696. The van der Waals surface area contributed by atoms with Gasteiger partial charge in [-0.25, -0.2) is 9.97 Å². The summed E-state index contributed by atoms with van der Waals surface area (Å²) in [4.78, 5) is 26.8. The Morgan fingerprint density at radius 3 is 2.57 bits per heavy atom. The molecule has 2 bridgehead atoms. The van der Waals surface area contributed by atoms with E-state index in [0.29, 0.717) is 30.3 Å². The number of ketones is 1. The lowest BCUT2D eigenvalue weighted by Crippen LogP contribution is -2.56. The molecular weight excluding hydrogens is 348 g/mol. The first-order chi connectivity index (χ1) is 13.6. The maximum Gasteiger partial charge on any atom is 0.157 e. The molecule has 4 unspecified atom stereocenters. The van der Waals surface area contributed by atoms with E-state index in [2.05, 4.69) is 40.8 Å². The minimum Gasteiger partial charge on any atom is -0.348 e. The molecule has 1 aromatic rings. The van der Waals surface area contributed by atoms with Crippen molar-refractivity contribution < 1.29 is 4.79 Å². The molecule has 0 N–H and O–H groups in total. The first kappa shape index (κ1) is 19.6. The SMILES string of the molecule is CCC(=O)C1CC=C(c2nccc(N3C4CCC3CN(C(C)CC)C4)n2)CC1. The van der Waals surface area contributed by atoms with Gasteiger partial charge in [0.05, 0.1) is 0 Å². The Balaban J connectivity index is 1.50. The van der Waals surface area contributed by atoms with E-state index in [4.69, 9.17) is 4.98 Å². The molecule has 5 nitrogen and oxygen atoms in total. The summed E-state index contributed by atoms with van der Waals surface area (Å²) in [7, 11) is 0. The minimum atomic E-state index is 0.196. The first-order valence-corrected chi connectivity index (χ1v) is 11.2. The van der Waals surface area contributed by atoms with Crippen molar-refractivity contribution >= 4 is 17.2 Å². The standard InChI is InChI=1S/C23H34N4O/c1-4-16(3)26-14-19-10-11-20(15-26)27(19)22-12-13-24-23(25-22)18-8-6-17(7-9-18)21(28)5-2/h8,12-13,16-17,19-20H,4-7,9-11,14-15H2,1-3H3. The molecule has 5 heteroatoms. The van der Waals surface area contributed by atoms with Gasteiger partial charge in [-0.3, -0.25) is 9.69 Å². The van der Waals surface area contributed by atoms with Gasteiger partial charge in [0.25, 0.3) is 0 Å². The van der Waals surface area contributed by atoms with E-state index >= 15 is 0 Å². The van der Waals surface area contributed by atoms with Crippen LogP contribution in [0.5, 0.6) is 0 Å². The molecule has 4 rings (SSSR count). The van der Waals surface area contributed by atoms with Crippen molar-refractivity contribution in [2.45, 2.75) is 83.8 Å². The van der Waals surface area contributed by atoms with E-state index in [1.165, 1.54) is 24.8 Å². The molecule has 0 amide bonds. The van der Waals surface area contributed by atoms with Crippen LogP contribution >= 0.6 is 0 Å². The van der Waals surface area contributed by atoms with Gasteiger partial charge in [-0.15, -0.1) is 0 Å². The highest BCUT2D eigenvalue weighted by Crippen LogP contribution is 2.36. The third-order valence-corrected chi connectivity index (χ3v) is 7.13. The van der Waals surface area contributed by atoms with Crippen LogP contribution in [0.1, 0.15) is 71.5 Å². The van der Waals surface area contributed by atoms with Crippen LogP contribution in [0, 0.1) is 5.92 Å². The van der Waals surface area contributed by atoms with Gasteiger partial charge < -0.3 is 4.90 Å². The molecule has 3 aliphatic rings. The zero-order chi connectivity index (χ0) is 19.7. The molecule has 152 valence electrons. The molecule has 1 aliphatic carbocycles. The van der Waals surface area contributed by atoms with Crippen molar-refractivity contribution in [3.8, 4) is 0 Å². The summed E-state index contributed by atoms with van der Waals surface area (Å²) in [6.45, 7) is 8.89. The quantitative estimate of drug-likeness (QED) is 0.742. The number of Topliss-reactive ketones (excluding diaryl/α,β-unsaturated/α-hetero) is 1. The van der Waals surface area contributed by atoms with E-state index in [1.54, 1.807) is 0 Å². The summed E-state index contributed by atoms with van der Waals surface area (Å²) in [5, 5.41) is 0. The molecular formula is C23H34N4O. The summed E-state index contributed by atoms with van der Waals surface area (Å²) in [6.07, 6.45) is 11.2. The van der Waals surface area contributed by atoms with E-state index < -0.39 is 0 Å². The number of fused-ring (bicyclic) bond motifs is 2. The van der Waals surface area contributed by atoms with Crippen molar-refractivity contribution in [1.29, 1.82) is 0 Å². The second kappa shape index (κ2) is 8.32. The van der Waals surface area contributed by atoms with Gasteiger partial charge in [0.2, 0.25) is 0 Å². The monoisotopic (exact) mass is 382 g/mol. The number of allylic oxidation sites excluding steroid dienone is 2. The molecule has 2 saturated heterocycles. The maximum atomic E-state index is 12.0. The second-order valence-corrected chi connectivity index (χ2v) is 8.76. The molecule has 1 aromatic heterocycles. The first-order valence-electron chi connectivity index (χ1n) is 11.2. The molecule has 3 heterocycles. The van der Waals surface area contributed by atoms with Crippen molar-refractivity contribution in [3.05, 3.63) is 24.2 Å². The summed E-state index contributed by atoms with van der Waals surface area (Å²) in [5.74, 6) is 2.54. The zero-order valence-corrected chi connectivity index (χ0v) is 17.6. The number of carbonyl (C=O) groups is 1. The van der Waals surface area contributed by atoms with Crippen molar-refractivity contribution in [1.82, 2.24) is 14.9 Å². The summed E-state index contributed by atoms with van der Waals surface area (Å²) in [6, 6.07) is 3.89. The van der Waals surface area contributed by atoms with Gasteiger partial charge >= 0.3 is 0 Å². The third-order valence-electron chi connectivity index (χ3n) is 7.13. The van der Waals surface area contributed by atoms with Crippen LogP contribution in [0.15, 0.2) is 18.3 Å². The zero-order valence-electron chi connectivity index (χ0n) is 17.6. The summed E-state index contributed by atoms with van der Waals surface area (Å²) < 4.78 is 0. The highest BCUT2D eigenvalue weighted by atomic mass is 16.1. The molecule has 28 heavy (non-hydrogen) atoms. The van der Waals surface area contributed by atoms with Crippen LogP contribution in [-0.4, -0.2) is 51.9 Å². The number of hydrogen-bond acceptors (Lipinski definition) is 5. The highest BCUT2D eigenvalue weighted by molar-refractivity contribution is 5.82. The number of anilines is 1. The van der Waals surface area contributed by atoms with Crippen molar-refractivity contribution in [2.24, 2.45) is 5.92 Å². The summed E-state index contributed by atoms with van der Waals surface area (Å²) in [5.41, 5.74) is 1.22. The van der Waals surface area contributed by atoms with E-state index in [9.17, 15) is 4.79 Å². The Morgan fingerprint density at radius 1 is 1.21 bits per heavy atom. The fourth-order valence-electron chi connectivity index (χ4n) is 5.19. The largest absolute Gasteiger partial charge is 0.348 e. The number of hydrogen-bond donors (Lipinski definition) is 0. The molecule has 0 radical (unpaired) electrons. The topological polar surface area (TPSA) is 49.3 Å². The van der Waals surface area contributed by atoms with Gasteiger partial charge in [0.1, 0.15) is 11.6 Å². The number of carbonyl (C=O) groups excluding carboxylic acids is 1. The van der Waals surface area contributed by atoms with Crippen molar-refractivity contribution in [2.75, 3.05) is 18.0 Å². The van der Waals surface area contributed by atoms with Crippen molar-refractivity contribution in [3.63, 3.8) is 0 Å². The Kier molecular flexibility index (Phi) is 5.81. The predicted octanol–water partition coefficient (Wildman–Crippen LogP) is 4.09. The van der Waals surface area contributed by atoms with Gasteiger partial charge in [0, 0.05) is 49.8 Å². The number of rotatable bonds is 6. The minimum absolute atomic E-state index is 0.196. The smallest absolute Gasteiger partial charge is 0.157 e. The number of piperazine rings is 1. The average Bonchev–Trinajstić information content (AvgIpc) is 3.02. The van der Waals surface area contributed by atoms with Crippen LogP contribution in [0.2, 0.25) is 0 Å². The lowest BCUT2D eigenvalue weighted by molar-refractivity contribution is -0.122. The molecule has 0 aromatic carbocycles. The fourth-order valence-corrected chi connectivity index (χ4v) is 5.19. The Bertz CT molecular complexity index is 732. The molecule has 4 atom stereocenters. The van der Waals surface area contributed by atoms with Crippen LogP contribution in [-0.2, 0) is 4.79 Å². The van der Waals surface area contributed by atoms with E-state index in [1.807, 2.05) is 13.1 Å². The van der Waals surface area contributed by atoms with E-state index in [0.717, 1.165) is 44.0 Å². The maximum absolute atomic E-state index is 12.0. The average molecular weight is 383 g/mol. The van der Waals surface area contributed by atoms with Gasteiger partial charge in [-0.05, 0) is 57.1 Å². The number of aromatic nitrogens is 2. The Labute approximate surface area is 169 Å². The number of likely N-dealkylation sites (tertiary alicyclic amines) is 1. The lowest BCUT2D eigenvalue weighted by atomic mass is 9.85. The van der Waals surface area contributed by atoms with E-state index in [-0.39, 0.29) is 5.92 Å².